The van der Waals surface area contributed by atoms with Gasteiger partial charge in [-0.15, -0.1) is 0 Å². The molecule has 3 aromatic rings. The molecule has 0 bridgehead atoms. The summed E-state index contributed by atoms with van der Waals surface area (Å²) in [6.45, 7) is 2.11. The molecule has 8 nitrogen and oxygen atoms in total. The number of rotatable bonds is 12. The third-order valence-electron chi connectivity index (χ3n) is 6.13. The zero-order valence-electron chi connectivity index (χ0n) is 22.4. The first-order chi connectivity index (χ1) is 18.2. The number of aliphatic hydroxyl groups is 2. The van der Waals surface area contributed by atoms with Gasteiger partial charge in [0.2, 0.25) is 0 Å². The van der Waals surface area contributed by atoms with Crippen molar-refractivity contribution in [1.29, 1.82) is 0 Å². The predicted molar refractivity (Wildman–Crippen MR) is 148 cm³/mol. The average molecular weight is 521 g/mol. The largest absolute Gasteiger partial charge is 0.496 e. The molecule has 0 aromatic heterocycles. The van der Waals surface area contributed by atoms with E-state index in [0.29, 0.717) is 16.8 Å². The van der Waals surface area contributed by atoms with Crippen LogP contribution in [0.4, 0.5) is 5.69 Å². The van der Waals surface area contributed by atoms with Crippen molar-refractivity contribution in [3.8, 4) is 16.9 Å². The second kappa shape index (κ2) is 13.7. The average Bonchev–Trinajstić information content (AvgIpc) is 2.91. The van der Waals surface area contributed by atoms with Crippen LogP contribution in [0.3, 0.4) is 0 Å². The molecule has 0 saturated heterocycles. The number of nitrogens with zero attached hydrogens (tertiary/aromatic N) is 1. The van der Waals surface area contributed by atoms with Gasteiger partial charge in [-0.05, 0) is 105 Å². The minimum atomic E-state index is -1.10. The van der Waals surface area contributed by atoms with Gasteiger partial charge < -0.3 is 29.9 Å². The second-order valence-corrected chi connectivity index (χ2v) is 9.43. The molecule has 1 unspecified atom stereocenters. The van der Waals surface area contributed by atoms with Gasteiger partial charge in [0.25, 0.3) is 5.91 Å². The third-order valence-corrected chi connectivity index (χ3v) is 6.13. The molecule has 1 amide bonds. The van der Waals surface area contributed by atoms with E-state index in [1.165, 1.54) is 0 Å². The van der Waals surface area contributed by atoms with Crippen molar-refractivity contribution >= 4 is 17.6 Å². The lowest BCUT2D eigenvalue weighted by Crippen LogP contribution is -2.22. The minimum absolute atomic E-state index is 0.195. The van der Waals surface area contributed by atoms with Crippen LogP contribution in [0.2, 0.25) is 0 Å². The number of methoxy groups -OCH3 is 1. The first kappa shape index (κ1) is 28.8. The molecule has 0 radical (unpaired) electrons. The van der Waals surface area contributed by atoms with E-state index >= 15 is 0 Å². The summed E-state index contributed by atoms with van der Waals surface area (Å²) >= 11 is 0. The number of amides is 1. The topological polar surface area (TPSA) is 108 Å². The number of ether oxygens (including phenoxy) is 2. The Hall–Kier alpha value is -3.72. The zero-order chi connectivity index (χ0) is 27.7. The van der Waals surface area contributed by atoms with Gasteiger partial charge in [0.1, 0.15) is 18.5 Å². The van der Waals surface area contributed by atoms with E-state index < -0.39 is 18.7 Å². The van der Waals surface area contributed by atoms with E-state index in [2.05, 4.69) is 10.2 Å². The molecule has 0 saturated carbocycles. The van der Waals surface area contributed by atoms with E-state index in [4.69, 9.17) is 14.6 Å². The molecule has 0 heterocycles. The molecule has 0 fully saturated rings. The van der Waals surface area contributed by atoms with Gasteiger partial charge in [-0.2, -0.15) is 0 Å². The van der Waals surface area contributed by atoms with Crippen LogP contribution in [0.5, 0.6) is 5.75 Å². The highest BCUT2D eigenvalue weighted by Crippen LogP contribution is 2.27. The summed E-state index contributed by atoms with van der Waals surface area (Å²) in [7, 11) is 5.71. The van der Waals surface area contributed by atoms with E-state index in [0.717, 1.165) is 47.4 Å². The number of hydrogen-bond donors (Lipinski definition) is 3. The smallest absolute Gasteiger partial charge is 0.338 e. The standard InChI is InChI=1S/C30H36N2O6/c1-20-16-24(30(36)38-19-26(34)18-33)9-13-27(20)21-7-11-25(12-8-21)31-29(35)23-10-14-28(37-4)22(17-23)6-5-15-32(2)3/h7-14,16-17,26,33-34H,5-6,15,18-19H2,1-4H3,(H,31,35). The SMILES string of the molecule is COc1ccc(C(=O)Nc2ccc(-c3ccc(C(=O)OCC(O)CO)cc3C)cc2)cc1CCCN(C)C. The summed E-state index contributed by atoms with van der Waals surface area (Å²) in [6.07, 6.45) is 0.681. The maximum Gasteiger partial charge on any atom is 0.338 e. The molecule has 202 valence electrons. The number of hydrogen-bond acceptors (Lipinski definition) is 7. The highest BCUT2D eigenvalue weighted by atomic mass is 16.5. The highest BCUT2D eigenvalue weighted by Gasteiger charge is 2.14. The first-order valence-corrected chi connectivity index (χ1v) is 12.5. The molecular weight excluding hydrogens is 484 g/mol. The molecule has 3 N–H and O–H groups in total. The number of aliphatic hydroxyl groups excluding tert-OH is 2. The van der Waals surface area contributed by atoms with E-state index in [-0.39, 0.29) is 12.5 Å². The quantitative estimate of drug-likeness (QED) is 0.311. The minimum Gasteiger partial charge on any atom is -0.496 e. The monoisotopic (exact) mass is 520 g/mol. The lowest BCUT2D eigenvalue weighted by atomic mass is 9.98. The van der Waals surface area contributed by atoms with Gasteiger partial charge >= 0.3 is 5.97 Å². The van der Waals surface area contributed by atoms with Crippen LogP contribution >= 0.6 is 0 Å². The van der Waals surface area contributed by atoms with Crippen molar-refractivity contribution in [2.75, 3.05) is 46.3 Å². The molecule has 0 aliphatic heterocycles. The molecule has 0 aliphatic rings. The first-order valence-electron chi connectivity index (χ1n) is 12.5. The summed E-state index contributed by atoms with van der Waals surface area (Å²) in [5.74, 6) is 0.0197. The molecule has 0 spiro atoms. The fraction of sp³-hybridized carbons (Fsp3) is 0.333. The van der Waals surface area contributed by atoms with Crippen molar-refractivity contribution < 1.29 is 29.3 Å². The number of esters is 1. The molecule has 3 rings (SSSR count). The molecule has 0 aliphatic carbocycles. The van der Waals surface area contributed by atoms with E-state index in [1.54, 1.807) is 25.3 Å². The number of carbonyl (C=O) groups is 2. The Bertz CT molecular complexity index is 1240. The Morgan fingerprint density at radius 2 is 1.71 bits per heavy atom. The Morgan fingerprint density at radius 3 is 2.34 bits per heavy atom. The number of aryl methyl sites for hydroxylation is 2. The number of anilines is 1. The van der Waals surface area contributed by atoms with Crippen LogP contribution in [0, 0.1) is 6.92 Å². The molecule has 8 heteroatoms. The van der Waals surface area contributed by atoms with Crippen LogP contribution < -0.4 is 10.1 Å². The Morgan fingerprint density at radius 1 is 1.00 bits per heavy atom. The normalized spacial score (nSPS) is 11.8. The summed E-state index contributed by atoms with van der Waals surface area (Å²) < 4.78 is 10.5. The second-order valence-electron chi connectivity index (χ2n) is 9.43. The van der Waals surface area contributed by atoms with Crippen molar-refractivity contribution in [3.63, 3.8) is 0 Å². The van der Waals surface area contributed by atoms with Crippen molar-refractivity contribution in [2.45, 2.75) is 25.9 Å². The van der Waals surface area contributed by atoms with Crippen LogP contribution in [0.25, 0.3) is 11.1 Å². The summed E-state index contributed by atoms with van der Waals surface area (Å²) in [5, 5.41) is 21.2. The van der Waals surface area contributed by atoms with Crippen LogP contribution in [0.15, 0.2) is 60.7 Å². The highest BCUT2D eigenvalue weighted by molar-refractivity contribution is 6.04. The zero-order valence-corrected chi connectivity index (χ0v) is 22.4. The molecular formula is C30H36N2O6. The van der Waals surface area contributed by atoms with Gasteiger partial charge in [-0.1, -0.05) is 18.2 Å². The Balaban J connectivity index is 1.67. The van der Waals surface area contributed by atoms with Crippen LogP contribution in [0.1, 0.15) is 38.3 Å². The number of benzene rings is 3. The summed E-state index contributed by atoms with van der Waals surface area (Å²) in [6, 6.07) is 18.2. The Labute approximate surface area is 223 Å². The molecule has 1 atom stereocenters. The molecule has 3 aromatic carbocycles. The van der Waals surface area contributed by atoms with Crippen molar-refractivity contribution in [1.82, 2.24) is 4.90 Å². The fourth-order valence-corrected chi connectivity index (χ4v) is 4.06. The van der Waals surface area contributed by atoms with Gasteiger partial charge in [-0.3, -0.25) is 4.79 Å². The lowest BCUT2D eigenvalue weighted by Gasteiger charge is -2.13. The predicted octanol–water partition coefficient (Wildman–Crippen LogP) is 3.93. The third kappa shape index (κ3) is 7.89. The van der Waals surface area contributed by atoms with Gasteiger partial charge in [0.05, 0.1) is 19.3 Å². The van der Waals surface area contributed by atoms with E-state index in [1.807, 2.05) is 63.5 Å². The Kier molecular flexibility index (Phi) is 10.4. The van der Waals surface area contributed by atoms with Crippen molar-refractivity contribution in [3.05, 3.63) is 82.9 Å². The van der Waals surface area contributed by atoms with Crippen LogP contribution in [-0.2, 0) is 11.2 Å². The number of carbonyl (C=O) groups excluding carboxylic acids is 2. The van der Waals surface area contributed by atoms with Crippen molar-refractivity contribution in [2.24, 2.45) is 0 Å². The van der Waals surface area contributed by atoms with Crippen LogP contribution in [-0.4, -0.2) is 74.1 Å². The van der Waals surface area contributed by atoms with Gasteiger partial charge in [0.15, 0.2) is 0 Å². The fourth-order valence-electron chi connectivity index (χ4n) is 4.06. The number of nitrogens with one attached hydrogen (secondary N) is 1. The maximum absolute atomic E-state index is 12.9. The lowest BCUT2D eigenvalue weighted by molar-refractivity contribution is 0.00932. The maximum atomic E-state index is 12.9. The molecule has 38 heavy (non-hydrogen) atoms. The van der Waals surface area contributed by atoms with E-state index in [9.17, 15) is 14.7 Å². The van der Waals surface area contributed by atoms with Gasteiger partial charge in [-0.25, -0.2) is 4.79 Å². The summed E-state index contributed by atoms with van der Waals surface area (Å²) in [4.78, 5) is 27.3. The summed E-state index contributed by atoms with van der Waals surface area (Å²) in [5.41, 5.74) is 5.35. The van der Waals surface area contributed by atoms with Gasteiger partial charge in [0, 0.05) is 11.3 Å².